The van der Waals surface area contributed by atoms with E-state index in [0.717, 1.165) is 17.8 Å². The second-order valence-electron chi connectivity index (χ2n) is 9.44. The molecule has 4 nitrogen and oxygen atoms in total. The van der Waals surface area contributed by atoms with Crippen molar-refractivity contribution in [3.63, 3.8) is 0 Å². The van der Waals surface area contributed by atoms with Crippen molar-refractivity contribution in [2.45, 2.75) is 44.8 Å². The molecule has 166 valence electrons. The van der Waals surface area contributed by atoms with Crippen LogP contribution in [0.1, 0.15) is 53.4 Å². The third-order valence-corrected chi connectivity index (χ3v) is 6.55. The van der Waals surface area contributed by atoms with Gasteiger partial charge >= 0.3 is 0 Å². The summed E-state index contributed by atoms with van der Waals surface area (Å²) in [4.78, 5) is 15.9. The van der Waals surface area contributed by atoms with E-state index in [4.69, 9.17) is 5.10 Å². The van der Waals surface area contributed by atoms with Gasteiger partial charge in [0.05, 0.1) is 23.3 Å². The van der Waals surface area contributed by atoms with Gasteiger partial charge in [0.2, 0.25) is 0 Å². The zero-order chi connectivity index (χ0) is 22.8. The molecule has 0 saturated heterocycles. The van der Waals surface area contributed by atoms with Gasteiger partial charge < -0.3 is 4.90 Å². The molecule has 1 atom stereocenters. The highest BCUT2D eigenvalue weighted by molar-refractivity contribution is 6.02. The summed E-state index contributed by atoms with van der Waals surface area (Å²) in [6.45, 7) is 5.14. The quantitative estimate of drug-likeness (QED) is 0.339. The van der Waals surface area contributed by atoms with Gasteiger partial charge in [-0.3, -0.25) is 4.79 Å². The van der Waals surface area contributed by atoms with Crippen LogP contribution in [0.4, 0.5) is 5.82 Å². The van der Waals surface area contributed by atoms with Crippen molar-refractivity contribution < 1.29 is 4.79 Å². The maximum Gasteiger partial charge on any atom is 0.172 e. The van der Waals surface area contributed by atoms with Gasteiger partial charge in [0.1, 0.15) is 5.82 Å². The topological polar surface area (TPSA) is 38.1 Å². The van der Waals surface area contributed by atoms with E-state index in [1.807, 2.05) is 36.4 Å². The van der Waals surface area contributed by atoms with Gasteiger partial charge in [-0.25, -0.2) is 4.68 Å². The van der Waals surface area contributed by atoms with Crippen molar-refractivity contribution in [3.05, 3.63) is 119 Å². The Morgan fingerprint density at radius 1 is 0.879 bits per heavy atom. The van der Waals surface area contributed by atoms with Gasteiger partial charge in [0.25, 0.3) is 0 Å². The number of hydrogen-bond donors (Lipinski definition) is 0. The minimum atomic E-state index is -0.214. The normalized spacial score (nSPS) is 16.9. The molecule has 0 bridgehead atoms. The number of carbonyl (C=O) groups excluding carboxylic acids is 1. The van der Waals surface area contributed by atoms with E-state index >= 15 is 0 Å². The molecule has 0 radical (unpaired) electrons. The standard InChI is InChI=1S/C29H29N3O/c1-29(2)19-26(24-16-10-5-11-17-24)31(21-23-14-8-4-9-15-23)28-25(20-30-32(28)29)27(33)18-22-12-6-3-7-13-22/h3-17,20,26H,18-19,21H2,1-2H3. The molecule has 0 N–H and O–H groups in total. The number of carbonyl (C=O) groups is 1. The molecule has 2 heterocycles. The van der Waals surface area contributed by atoms with Crippen LogP contribution in [0.2, 0.25) is 0 Å². The number of anilines is 1. The smallest absolute Gasteiger partial charge is 0.172 e. The van der Waals surface area contributed by atoms with E-state index in [2.05, 4.69) is 78.0 Å². The molecular formula is C29H29N3O. The Bertz CT molecular complexity index is 1230. The number of fused-ring (bicyclic) bond motifs is 1. The first-order chi connectivity index (χ1) is 16.0. The van der Waals surface area contributed by atoms with Crippen molar-refractivity contribution in [2.24, 2.45) is 0 Å². The highest BCUT2D eigenvalue weighted by Crippen LogP contribution is 2.45. The maximum absolute atomic E-state index is 13.5. The Morgan fingerprint density at radius 2 is 1.45 bits per heavy atom. The number of hydrogen-bond acceptors (Lipinski definition) is 3. The SMILES string of the molecule is CC1(C)CC(c2ccccc2)N(Cc2ccccc2)c2c(C(=O)Cc3ccccc3)cnn21. The predicted molar refractivity (Wildman–Crippen MR) is 132 cm³/mol. The van der Waals surface area contributed by atoms with Crippen molar-refractivity contribution in [1.82, 2.24) is 9.78 Å². The summed E-state index contributed by atoms with van der Waals surface area (Å²) in [6, 6.07) is 31.2. The molecule has 33 heavy (non-hydrogen) atoms. The Hall–Kier alpha value is -3.66. The molecule has 1 aliphatic heterocycles. The molecule has 0 fully saturated rings. The average molecular weight is 436 g/mol. The molecular weight excluding hydrogens is 406 g/mol. The van der Waals surface area contributed by atoms with Gasteiger partial charge in [-0.05, 0) is 37.0 Å². The van der Waals surface area contributed by atoms with Crippen LogP contribution in [0.5, 0.6) is 0 Å². The Morgan fingerprint density at radius 3 is 2.09 bits per heavy atom. The summed E-state index contributed by atoms with van der Waals surface area (Å²) < 4.78 is 2.06. The first-order valence-corrected chi connectivity index (χ1v) is 11.5. The molecule has 4 aromatic rings. The minimum absolute atomic E-state index is 0.102. The van der Waals surface area contributed by atoms with Crippen LogP contribution < -0.4 is 4.90 Å². The van der Waals surface area contributed by atoms with E-state index in [1.54, 1.807) is 6.20 Å². The fourth-order valence-electron chi connectivity index (χ4n) is 4.89. The van der Waals surface area contributed by atoms with Crippen molar-refractivity contribution >= 4 is 11.6 Å². The summed E-state index contributed by atoms with van der Waals surface area (Å²) >= 11 is 0. The van der Waals surface area contributed by atoms with Crippen LogP contribution >= 0.6 is 0 Å². The van der Waals surface area contributed by atoms with Crippen LogP contribution in [0.15, 0.2) is 97.2 Å². The van der Waals surface area contributed by atoms with Crippen LogP contribution in [-0.4, -0.2) is 15.6 Å². The van der Waals surface area contributed by atoms with E-state index in [0.29, 0.717) is 18.5 Å². The second kappa shape index (κ2) is 8.70. The van der Waals surface area contributed by atoms with E-state index in [-0.39, 0.29) is 17.4 Å². The Kier molecular flexibility index (Phi) is 5.59. The fraction of sp³-hybridized carbons (Fsp3) is 0.241. The second-order valence-corrected chi connectivity index (χ2v) is 9.44. The molecule has 0 saturated carbocycles. The molecule has 0 aliphatic carbocycles. The molecule has 1 aliphatic rings. The van der Waals surface area contributed by atoms with Crippen LogP contribution in [0.25, 0.3) is 0 Å². The Labute approximate surface area is 195 Å². The van der Waals surface area contributed by atoms with Gasteiger partial charge in [0, 0.05) is 13.0 Å². The number of Topliss-reactive ketones (excluding diaryl/α,β-unsaturated/α-hetero) is 1. The fourth-order valence-corrected chi connectivity index (χ4v) is 4.89. The molecule has 1 aromatic heterocycles. The molecule has 0 amide bonds. The Balaban J connectivity index is 1.61. The summed E-state index contributed by atoms with van der Waals surface area (Å²) in [7, 11) is 0. The summed E-state index contributed by atoms with van der Waals surface area (Å²) in [5.41, 5.74) is 3.98. The summed E-state index contributed by atoms with van der Waals surface area (Å²) in [5, 5.41) is 4.75. The van der Waals surface area contributed by atoms with Gasteiger partial charge in [-0.15, -0.1) is 0 Å². The molecule has 3 aromatic carbocycles. The van der Waals surface area contributed by atoms with Crippen LogP contribution in [0, 0.1) is 0 Å². The van der Waals surface area contributed by atoms with Gasteiger partial charge in [-0.2, -0.15) is 5.10 Å². The number of nitrogens with zero attached hydrogens (tertiary/aromatic N) is 3. The first-order valence-electron chi connectivity index (χ1n) is 11.5. The maximum atomic E-state index is 13.5. The zero-order valence-electron chi connectivity index (χ0n) is 19.2. The monoisotopic (exact) mass is 435 g/mol. The van der Waals surface area contributed by atoms with E-state index in [1.165, 1.54) is 11.1 Å². The van der Waals surface area contributed by atoms with Crippen LogP contribution in [-0.2, 0) is 18.5 Å². The number of aromatic nitrogens is 2. The van der Waals surface area contributed by atoms with Gasteiger partial charge in [-0.1, -0.05) is 91.0 Å². The summed E-state index contributed by atoms with van der Waals surface area (Å²) in [6.07, 6.45) is 3.05. The number of ketones is 1. The minimum Gasteiger partial charge on any atom is -0.345 e. The molecule has 5 rings (SSSR count). The predicted octanol–water partition coefficient (Wildman–Crippen LogP) is 6.20. The number of benzene rings is 3. The van der Waals surface area contributed by atoms with Crippen molar-refractivity contribution in [1.29, 1.82) is 0 Å². The van der Waals surface area contributed by atoms with Crippen LogP contribution in [0.3, 0.4) is 0 Å². The largest absolute Gasteiger partial charge is 0.345 e. The molecule has 1 unspecified atom stereocenters. The highest BCUT2D eigenvalue weighted by Gasteiger charge is 2.41. The third-order valence-electron chi connectivity index (χ3n) is 6.55. The van der Waals surface area contributed by atoms with Crippen molar-refractivity contribution in [3.8, 4) is 0 Å². The average Bonchev–Trinajstić information content (AvgIpc) is 3.30. The van der Waals surface area contributed by atoms with Gasteiger partial charge in [0.15, 0.2) is 5.78 Å². The lowest BCUT2D eigenvalue weighted by Gasteiger charge is -2.45. The van der Waals surface area contributed by atoms with E-state index in [9.17, 15) is 4.79 Å². The van der Waals surface area contributed by atoms with Crippen molar-refractivity contribution in [2.75, 3.05) is 4.90 Å². The lowest BCUT2D eigenvalue weighted by atomic mass is 9.87. The molecule has 0 spiro atoms. The number of rotatable bonds is 6. The summed E-state index contributed by atoms with van der Waals surface area (Å²) in [5.74, 6) is 1.02. The zero-order valence-corrected chi connectivity index (χ0v) is 19.2. The first kappa shape index (κ1) is 21.2. The third kappa shape index (κ3) is 4.21. The lowest BCUT2D eigenvalue weighted by Crippen LogP contribution is -2.44. The van der Waals surface area contributed by atoms with E-state index < -0.39 is 0 Å². The lowest BCUT2D eigenvalue weighted by molar-refractivity contribution is 0.0992. The highest BCUT2D eigenvalue weighted by atomic mass is 16.1. The molecule has 4 heteroatoms.